The van der Waals surface area contributed by atoms with Crippen molar-refractivity contribution in [2.75, 3.05) is 19.8 Å². The van der Waals surface area contributed by atoms with Gasteiger partial charge in [0.15, 0.2) is 6.29 Å². The lowest BCUT2D eigenvalue weighted by atomic mass is 10.1. The lowest BCUT2D eigenvalue weighted by Gasteiger charge is -2.20. The van der Waals surface area contributed by atoms with E-state index in [0.717, 1.165) is 0 Å². The minimum atomic E-state index is -1.69. The Labute approximate surface area is 208 Å². The molecule has 0 aliphatic carbocycles. The zero-order valence-corrected chi connectivity index (χ0v) is 20.0. The molecule has 0 amide bonds. The molecule has 1 saturated heterocycles. The molecule has 0 saturated carbocycles. The summed E-state index contributed by atoms with van der Waals surface area (Å²) in [5.74, 6) is -3.07. The standard InChI is InChI=1S/C26H28O10/c1-3-31-25(29)22(26(30)32-4-2)36-21-15-19(35-24(28)18-13-9-6-10-14-18)20(34-21)16-33-23(27)17-11-7-5-8-12-17/h5-14,19-22H,3-4,15-16H2,1-2H3/t19-,20+,21-/m0/s1. The molecular weight excluding hydrogens is 472 g/mol. The summed E-state index contributed by atoms with van der Waals surface area (Å²) in [7, 11) is 0. The second-order valence-electron chi connectivity index (χ2n) is 7.63. The van der Waals surface area contributed by atoms with Crippen LogP contribution in [-0.4, -0.2) is 68.3 Å². The Bertz CT molecular complexity index is 1010. The molecule has 1 aliphatic heterocycles. The molecule has 10 nitrogen and oxygen atoms in total. The third-order valence-corrected chi connectivity index (χ3v) is 5.11. The highest BCUT2D eigenvalue weighted by atomic mass is 16.7. The van der Waals surface area contributed by atoms with Crippen LogP contribution in [0, 0.1) is 0 Å². The summed E-state index contributed by atoms with van der Waals surface area (Å²) in [6, 6.07) is 16.7. The van der Waals surface area contributed by atoms with E-state index in [4.69, 9.17) is 28.4 Å². The van der Waals surface area contributed by atoms with Gasteiger partial charge in [-0.15, -0.1) is 0 Å². The third-order valence-electron chi connectivity index (χ3n) is 5.11. The molecule has 3 rings (SSSR count). The molecule has 1 aliphatic rings. The molecule has 0 N–H and O–H groups in total. The predicted octanol–water partition coefficient (Wildman–Crippen LogP) is 2.70. The SMILES string of the molecule is CCOC(=O)C(O[C@H]1C[C@H](OC(=O)c2ccccc2)[C@@H](COC(=O)c2ccccc2)O1)C(=O)OCC. The van der Waals surface area contributed by atoms with E-state index in [0.29, 0.717) is 11.1 Å². The first-order chi connectivity index (χ1) is 17.4. The first-order valence-electron chi connectivity index (χ1n) is 11.5. The van der Waals surface area contributed by atoms with Gasteiger partial charge in [0.1, 0.15) is 18.8 Å². The van der Waals surface area contributed by atoms with Crippen molar-refractivity contribution in [3.63, 3.8) is 0 Å². The minimum absolute atomic E-state index is 0.0264. The molecular formula is C26H28O10. The van der Waals surface area contributed by atoms with E-state index in [1.165, 1.54) is 0 Å². The Morgan fingerprint density at radius 3 is 1.86 bits per heavy atom. The molecule has 0 aromatic heterocycles. The van der Waals surface area contributed by atoms with Crippen LogP contribution in [0.3, 0.4) is 0 Å². The molecule has 0 spiro atoms. The second kappa shape index (κ2) is 13.4. The number of esters is 4. The maximum Gasteiger partial charge on any atom is 0.347 e. The van der Waals surface area contributed by atoms with Crippen LogP contribution >= 0.6 is 0 Å². The monoisotopic (exact) mass is 500 g/mol. The Morgan fingerprint density at radius 1 is 0.806 bits per heavy atom. The first kappa shape index (κ1) is 26.8. The highest BCUT2D eigenvalue weighted by Gasteiger charge is 2.43. The molecule has 0 unspecified atom stereocenters. The van der Waals surface area contributed by atoms with Crippen molar-refractivity contribution in [3.05, 3.63) is 71.8 Å². The summed E-state index contributed by atoms with van der Waals surface area (Å²) < 4.78 is 32.2. The van der Waals surface area contributed by atoms with Gasteiger partial charge >= 0.3 is 23.9 Å². The second-order valence-corrected chi connectivity index (χ2v) is 7.63. The fourth-order valence-electron chi connectivity index (χ4n) is 3.43. The number of ether oxygens (including phenoxy) is 6. The zero-order valence-electron chi connectivity index (χ0n) is 20.0. The third kappa shape index (κ3) is 7.37. The Kier molecular flexibility index (Phi) is 9.96. The largest absolute Gasteiger partial charge is 0.464 e. The van der Waals surface area contributed by atoms with Gasteiger partial charge in [-0.25, -0.2) is 19.2 Å². The lowest BCUT2D eigenvalue weighted by Crippen LogP contribution is -2.39. The number of hydrogen-bond acceptors (Lipinski definition) is 10. The van der Waals surface area contributed by atoms with Crippen molar-refractivity contribution in [3.8, 4) is 0 Å². The number of hydrogen-bond donors (Lipinski definition) is 0. The summed E-state index contributed by atoms with van der Waals surface area (Å²) in [6.45, 7) is 2.96. The first-order valence-corrected chi connectivity index (χ1v) is 11.5. The quantitative estimate of drug-likeness (QED) is 0.258. The summed E-state index contributed by atoms with van der Waals surface area (Å²) in [4.78, 5) is 49.6. The Balaban J connectivity index is 1.72. The van der Waals surface area contributed by atoms with E-state index in [1.807, 2.05) is 0 Å². The average Bonchev–Trinajstić information content (AvgIpc) is 3.27. The molecule has 3 atom stereocenters. The Hall–Kier alpha value is -3.76. The molecule has 36 heavy (non-hydrogen) atoms. The topological polar surface area (TPSA) is 124 Å². The van der Waals surface area contributed by atoms with Gasteiger partial charge in [-0.2, -0.15) is 0 Å². The van der Waals surface area contributed by atoms with Crippen molar-refractivity contribution in [1.82, 2.24) is 0 Å². The van der Waals surface area contributed by atoms with Crippen molar-refractivity contribution >= 4 is 23.9 Å². The van der Waals surface area contributed by atoms with Crippen LogP contribution in [0.2, 0.25) is 0 Å². The van der Waals surface area contributed by atoms with Gasteiger partial charge in [0.25, 0.3) is 6.10 Å². The normalized spacial score (nSPS) is 18.9. The van der Waals surface area contributed by atoms with Crippen molar-refractivity contribution < 1.29 is 47.6 Å². The summed E-state index contributed by atoms with van der Waals surface area (Å²) in [5, 5.41) is 0. The number of benzene rings is 2. The van der Waals surface area contributed by atoms with Gasteiger partial charge in [-0.1, -0.05) is 36.4 Å². The molecule has 0 radical (unpaired) electrons. The van der Waals surface area contributed by atoms with E-state index in [2.05, 4.69) is 0 Å². The highest BCUT2D eigenvalue weighted by Crippen LogP contribution is 2.27. The van der Waals surface area contributed by atoms with Gasteiger partial charge in [0, 0.05) is 6.42 Å². The molecule has 2 aromatic carbocycles. The van der Waals surface area contributed by atoms with Gasteiger partial charge in [0.2, 0.25) is 0 Å². The molecule has 1 fully saturated rings. The summed E-state index contributed by atoms with van der Waals surface area (Å²) in [6.07, 6.45) is -4.66. The van der Waals surface area contributed by atoms with Crippen LogP contribution in [0.5, 0.6) is 0 Å². The minimum Gasteiger partial charge on any atom is -0.464 e. The smallest absolute Gasteiger partial charge is 0.347 e. The van der Waals surface area contributed by atoms with Crippen LogP contribution in [-0.2, 0) is 38.0 Å². The van der Waals surface area contributed by atoms with Crippen LogP contribution < -0.4 is 0 Å². The van der Waals surface area contributed by atoms with Crippen LogP contribution in [0.25, 0.3) is 0 Å². The van der Waals surface area contributed by atoms with E-state index >= 15 is 0 Å². The predicted molar refractivity (Wildman–Crippen MR) is 124 cm³/mol. The Morgan fingerprint density at radius 2 is 1.33 bits per heavy atom. The van der Waals surface area contributed by atoms with Crippen molar-refractivity contribution in [2.45, 2.75) is 44.9 Å². The zero-order chi connectivity index (χ0) is 25.9. The van der Waals surface area contributed by atoms with Gasteiger partial charge < -0.3 is 28.4 Å². The average molecular weight is 501 g/mol. The fraction of sp³-hybridized carbons (Fsp3) is 0.385. The van der Waals surface area contributed by atoms with Gasteiger partial charge in [-0.3, -0.25) is 0 Å². The number of carbonyl (C=O) groups is 4. The van der Waals surface area contributed by atoms with E-state index in [9.17, 15) is 19.2 Å². The van der Waals surface area contributed by atoms with Gasteiger partial charge in [0.05, 0.1) is 24.3 Å². The molecule has 0 bridgehead atoms. The molecule has 192 valence electrons. The maximum atomic E-state index is 12.6. The van der Waals surface area contributed by atoms with E-state index in [-0.39, 0.29) is 26.2 Å². The van der Waals surface area contributed by atoms with Crippen LogP contribution in [0.1, 0.15) is 41.0 Å². The maximum absolute atomic E-state index is 12.6. The molecule has 10 heteroatoms. The fourth-order valence-corrected chi connectivity index (χ4v) is 3.43. The van der Waals surface area contributed by atoms with Crippen molar-refractivity contribution in [1.29, 1.82) is 0 Å². The van der Waals surface area contributed by atoms with E-state index < -0.39 is 48.5 Å². The lowest BCUT2D eigenvalue weighted by molar-refractivity contribution is -0.203. The van der Waals surface area contributed by atoms with Crippen LogP contribution in [0.15, 0.2) is 60.7 Å². The number of carbonyl (C=O) groups excluding carboxylic acids is 4. The molecule has 2 aromatic rings. The van der Waals surface area contributed by atoms with Crippen molar-refractivity contribution in [2.24, 2.45) is 0 Å². The summed E-state index contributed by atoms with van der Waals surface area (Å²) in [5.41, 5.74) is 0.656. The molecule has 1 heterocycles. The van der Waals surface area contributed by atoms with Crippen LogP contribution in [0.4, 0.5) is 0 Å². The highest BCUT2D eigenvalue weighted by molar-refractivity contribution is 5.98. The number of rotatable bonds is 11. The van der Waals surface area contributed by atoms with E-state index in [1.54, 1.807) is 74.5 Å². The van der Waals surface area contributed by atoms with Gasteiger partial charge in [-0.05, 0) is 38.1 Å². The summed E-state index contributed by atoms with van der Waals surface area (Å²) >= 11 is 0.